The van der Waals surface area contributed by atoms with E-state index in [1.807, 2.05) is 48.9 Å². The number of aromatic nitrogens is 3. The lowest BCUT2D eigenvalue weighted by molar-refractivity contribution is 0.211. The number of carbonyl (C=O) groups is 1. The Kier molecular flexibility index (Phi) is 6.42. The van der Waals surface area contributed by atoms with Gasteiger partial charge in [0.15, 0.2) is 0 Å². The van der Waals surface area contributed by atoms with Crippen molar-refractivity contribution in [2.24, 2.45) is 12.8 Å². The number of nitrogens with two attached hydrogens (primary N) is 1. The monoisotopic (exact) mass is 452 g/mol. The van der Waals surface area contributed by atoms with Crippen molar-refractivity contribution in [2.45, 2.75) is 44.8 Å². The molecule has 1 amide bonds. The highest BCUT2D eigenvalue weighted by molar-refractivity contribution is 7.87. The van der Waals surface area contributed by atoms with E-state index in [1.54, 1.807) is 11.7 Å². The van der Waals surface area contributed by atoms with E-state index in [2.05, 4.69) is 9.28 Å². The number of halogens is 1. The third kappa shape index (κ3) is 4.46. The van der Waals surface area contributed by atoms with Gasteiger partial charge in [0.05, 0.1) is 11.2 Å². The summed E-state index contributed by atoms with van der Waals surface area (Å²) in [5.41, 5.74) is 7.32. The molecular weight excluding hydrogens is 428 g/mol. The maximum Gasteiger partial charge on any atom is 0.420 e. The topological polar surface area (TPSA) is 109 Å². The molecule has 3 aromatic rings. The Balaban J connectivity index is 2.09. The number of rotatable bonds is 8. The first-order valence-electron chi connectivity index (χ1n) is 9.66. The van der Waals surface area contributed by atoms with Crippen molar-refractivity contribution >= 4 is 38.7 Å². The molecule has 10 heteroatoms. The van der Waals surface area contributed by atoms with Crippen LogP contribution >= 0.6 is 11.6 Å². The van der Waals surface area contributed by atoms with Gasteiger partial charge in [0.25, 0.3) is 0 Å². The number of primary amides is 1. The molecule has 2 aromatic heterocycles. The zero-order valence-electron chi connectivity index (χ0n) is 17.1. The highest BCUT2D eigenvalue weighted by Crippen LogP contribution is 2.29. The number of fused-ring (bicyclic) bond motifs is 1. The SMILES string of the molecule is CCCCC(Cc1c(C)nn(C)c1-n1ccc2ccc(Cl)cc21)S(=O)(=O)OC(N)=O. The van der Waals surface area contributed by atoms with Gasteiger partial charge in [0.1, 0.15) is 11.1 Å². The molecule has 3 rings (SSSR count). The van der Waals surface area contributed by atoms with E-state index in [-0.39, 0.29) is 6.42 Å². The van der Waals surface area contributed by atoms with E-state index in [1.165, 1.54) is 0 Å². The summed E-state index contributed by atoms with van der Waals surface area (Å²) in [6.45, 7) is 3.80. The van der Waals surface area contributed by atoms with Crippen molar-refractivity contribution in [1.82, 2.24) is 14.3 Å². The molecule has 162 valence electrons. The van der Waals surface area contributed by atoms with E-state index in [9.17, 15) is 13.2 Å². The van der Waals surface area contributed by atoms with Crippen LogP contribution in [0.5, 0.6) is 0 Å². The Labute approximate surface area is 180 Å². The van der Waals surface area contributed by atoms with Crippen molar-refractivity contribution < 1.29 is 17.4 Å². The molecule has 0 spiro atoms. The van der Waals surface area contributed by atoms with Crippen LogP contribution in [0.15, 0.2) is 30.5 Å². The fourth-order valence-corrected chi connectivity index (χ4v) is 5.06. The quantitative estimate of drug-likeness (QED) is 0.522. The summed E-state index contributed by atoms with van der Waals surface area (Å²) in [6, 6.07) is 7.55. The zero-order valence-corrected chi connectivity index (χ0v) is 18.7. The van der Waals surface area contributed by atoms with Gasteiger partial charge < -0.3 is 14.5 Å². The summed E-state index contributed by atoms with van der Waals surface area (Å²) < 4.78 is 33.4. The molecule has 8 nitrogen and oxygen atoms in total. The number of amides is 1. The lowest BCUT2D eigenvalue weighted by Crippen LogP contribution is -2.30. The fourth-order valence-electron chi connectivity index (χ4n) is 3.71. The molecule has 0 fully saturated rings. The molecular formula is C20H25ClN4O4S. The second-order valence-corrected chi connectivity index (χ2v) is 9.52. The first kappa shape index (κ1) is 22.2. The maximum atomic E-state index is 12.6. The van der Waals surface area contributed by atoms with Crippen LogP contribution in [0.3, 0.4) is 0 Å². The van der Waals surface area contributed by atoms with Crippen LogP contribution in [-0.2, 0) is 27.8 Å². The second-order valence-electron chi connectivity index (χ2n) is 7.26. The Morgan fingerprint density at radius 2 is 2.07 bits per heavy atom. The number of benzene rings is 1. The zero-order chi connectivity index (χ0) is 22.1. The highest BCUT2D eigenvalue weighted by Gasteiger charge is 2.31. The van der Waals surface area contributed by atoms with Crippen LogP contribution in [0.4, 0.5) is 4.79 Å². The van der Waals surface area contributed by atoms with Gasteiger partial charge in [-0.1, -0.05) is 37.4 Å². The van der Waals surface area contributed by atoms with Crippen molar-refractivity contribution in [3.8, 4) is 5.82 Å². The highest BCUT2D eigenvalue weighted by atomic mass is 35.5. The summed E-state index contributed by atoms with van der Waals surface area (Å²) in [5, 5.41) is 5.18. The number of aryl methyl sites for hydroxylation is 2. The minimum Gasteiger partial charge on any atom is -0.334 e. The lowest BCUT2D eigenvalue weighted by Gasteiger charge is -2.17. The van der Waals surface area contributed by atoms with E-state index >= 15 is 0 Å². The molecule has 0 saturated heterocycles. The normalized spacial score (nSPS) is 12.9. The number of carbonyl (C=O) groups excluding carboxylic acids is 1. The predicted molar refractivity (Wildman–Crippen MR) is 116 cm³/mol. The minimum atomic E-state index is -4.18. The van der Waals surface area contributed by atoms with Crippen LogP contribution < -0.4 is 5.73 Å². The van der Waals surface area contributed by atoms with Gasteiger partial charge in [-0.25, -0.2) is 4.79 Å². The van der Waals surface area contributed by atoms with Gasteiger partial charge in [-0.3, -0.25) is 4.68 Å². The second kappa shape index (κ2) is 8.69. The van der Waals surface area contributed by atoms with Crippen LogP contribution in [0.1, 0.15) is 37.4 Å². The molecule has 0 saturated carbocycles. The summed E-state index contributed by atoms with van der Waals surface area (Å²) in [6.07, 6.45) is 2.54. The molecule has 30 heavy (non-hydrogen) atoms. The van der Waals surface area contributed by atoms with E-state index in [0.29, 0.717) is 23.6 Å². The molecule has 1 unspecified atom stereocenters. The Bertz CT molecular complexity index is 1180. The predicted octanol–water partition coefficient (Wildman–Crippen LogP) is 3.85. The van der Waals surface area contributed by atoms with Crippen molar-refractivity contribution in [3.63, 3.8) is 0 Å². The van der Waals surface area contributed by atoms with Gasteiger partial charge in [0, 0.05) is 29.2 Å². The number of hydrogen-bond donors (Lipinski definition) is 1. The van der Waals surface area contributed by atoms with Gasteiger partial charge >= 0.3 is 16.2 Å². The Morgan fingerprint density at radius 3 is 2.73 bits per heavy atom. The first-order chi connectivity index (χ1) is 14.1. The van der Waals surface area contributed by atoms with Crippen LogP contribution in [0, 0.1) is 6.92 Å². The average Bonchev–Trinajstić information content (AvgIpc) is 3.16. The third-order valence-corrected chi connectivity index (χ3v) is 6.97. The van der Waals surface area contributed by atoms with Gasteiger partial charge in [-0.15, -0.1) is 0 Å². The van der Waals surface area contributed by atoms with Crippen molar-refractivity contribution in [2.75, 3.05) is 0 Å². The molecule has 0 radical (unpaired) electrons. The van der Waals surface area contributed by atoms with Gasteiger partial charge in [-0.05, 0) is 38.0 Å². The first-order valence-corrected chi connectivity index (χ1v) is 11.5. The summed E-state index contributed by atoms with van der Waals surface area (Å²) in [4.78, 5) is 11.1. The smallest absolute Gasteiger partial charge is 0.334 e. The lowest BCUT2D eigenvalue weighted by atomic mass is 10.1. The molecule has 0 bridgehead atoms. The van der Waals surface area contributed by atoms with Crippen molar-refractivity contribution in [3.05, 3.63) is 46.7 Å². The summed E-state index contributed by atoms with van der Waals surface area (Å²) in [5.74, 6) is 0.737. The maximum absolute atomic E-state index is 12.6. The van der Waals surface area contributed by atoms with Crippen LogP contribution in [0.25, 0.3) is 16.7 Å². The molecule has 0 aliphatic carbocycles. The average molecular weight is 453 g/mol. The minimum absolute atomic E-state index is 0.144. The summed E-state index contributed by atoms with van der Waals surface area (Å²) >= 11 is 6.19. The van der Waals surface area contributed by atoms with Crippen LogP contribution in [-0.4, -0.2) is 34.1 Å². The van der Waals surface area contributed by atoms with E-state index < -0.39 is 21.5 Å². The molecule has 2 N–H and O–H groups in total. The third-order valence-electron chi connectivity index (χ3n) is 5.11. The standard InChI is InChI=1S/C20H25ClN4O4S/c1-4-5-6-16(30(27,28)29-20(22)26)12-17-13(2)23-24(3)19(17)25-10-9-14-7-8-15(21)11-18(14)25/h7-11,16H,4-6,12H2,1-3H3,(H2,22,26). The number of nitrogens with zero attached hydrogens (tertiary/aromatic N) is 3. The molecule has 1 atom stereocenters. The molecule has 2 heterocycles. The molecule has 0 aliphatic rings. The Morgan fingerprint density at radius 1 is 1.33 bits per heavy atom. The largest absolute Gasteiger partial charge is 0.420 e. The van der Waals surface area contributed by atoms with Crippen molar-refractivity contribution in [1.29, 1.82) is 0 Å². The van der Waals surface area contributed by atoms with Gasteiger partial charge in [0.2, 0.25) is 0 Å². The molecule has 1 aromatic carbocycles. The van der Waals surface area contributed by atoms with E-state index in [4.69, 9.17) is 17.3 Å². The number of unbranched alkanes of at least 4 members (excludes halogenated alkanes) is 1. The Hall–Kier alpha value is -2.52. The molecule has 0 aliphatic heterocycles. The van der Waals surface area contributed by atoms with Crippen LogP contribution in [0.2, 0.25) is 5.02 Å². The fraction of sp³-hybridized carbons (Fsp3) is 0.400. The van der Waals surface area contributed by atoms with E-state index in [0.717, 1.165) is 28.7 Å². The number of hydrogen-bond acceptors (Lipinski definition) is 5. The van der Waals surface area contributed by atoms with Gasteiger partial charge in [-0.2, -0.15) is 13.5 Å². The summed E-state index contributed by atoms with van der Waals surface area (Å²) in [7, 11) is -2.37.